The zero-order valence-electron chi connectivity index (χ0n) is 11.6. The monoisotopic (exact) mass is 290 g/mol. The van der Waals surface area contributed by atoms with Crippen molar-refractivity contribution in [1.82, 2.24) is 15.0 Å². The highest BCUT2D eigenvalue weighted by Crippen LogP contribution is 2.39. The summed E-state index contributed by atoms with van der Waals surface area (Å²) in [6.45, 7) is 4.69. The van der Waals surface area contributed by atoms with Crippen molar-refractivity contribution in [2.45, 2.75) is 39.2 Å². The van der Waals surface area contributed by atoms with E-state index in [4.69, 9.17) is 5.84 Å². The molecule has 2 aromatic rings. The molecule has 0 unspecified atom stereocenters. The molecule has 1 fully saturated rings. The fourth-order valence-electron chi connectivity index (χ4n) is 2.01. The molecule has 1 saturated carbocycles. The van der Waals surface area contributed by atoms with E-state index in [9.17, 15) is 0 Å². The molecule has 2 heterocycles. The predicted molar refractivity (Wildman–Crippen MR) is 80.7 cm³/mol. The first kappa shape index (κ1) is 13.3. The summed E-state index contributed by atoms with van der Waals surface area (Å²) < 4.78 is 0. The minimum absolute atomic E-state index is 0.491. The van der Waals surface area contributed by atoms with Crippen molar-refractivity contribution in [2.75, 3.05) is 10.7 Å². The minimum Gasteiger partial charge on any atom is -0.363 e. The first-order chi connectivity index (χ1) is 9.67. The van der Waals surface area contributed by atoms with Crippen molar-refractivity contribution in [3.05, 3.63) is 27.5 Å². The van der Waals surface area contributed by atoms with Gasteiger partial charge in [-0.2, -0.15) is 0 Å². The fraction of sp³-hybridized carbons (Fsp3) is 0.462. The van der Waals surface area contributed by atoms with E-state index in [0.29, 0.717) is 18.3 Å². The van der Waals surface area contributed by atoms with Crippen LogP contribution in [0.3, 0.4) is 0 Å². The minimum atomic E-state index is 0.491. The highest BCUT2D eigenvalue weighted by atomic mass is 32.1. The fourth-order valence-corrected chi connectivity index (χ4v) is 2.74. The Balaban J connectivity index is 1.81. The second kappa shape index (κ2) is 5.34. The van der Waals surface area contributed by atoms with Crippen molar-refractivity contribution in [2.24, 2.45) is 5.84 Å². The Hall–Kier alpha value is -1.73. The molecule has 0 spiro atoms. The molecule has 4 N–H and O–H groups in total. The first-order valence-electron chi connectivity index (χ1n) is 6.67. The van der Waals surface area contributed by atoms with Gasteiger partial charge in [0.15, 0.2) is 0 Å². The summed E-state index contributed by atoms with van der Waals surface area (Å²) in [5.74, 6) is 8.44. The van der Waals surface area contributed by atoms with E-state index < -0.39 is 0 Å². The van der Waals surface area contributed by atoms with E-state index in [2.05, 4.69) is 32.6 Å². The van der Waals surface area contributed by atoms with Gasteiger partial charge in [-0.15, -0.1) is 11.3 Å². The number of nitrogens with two attached hydrogens (primary N) is 1. The molecule has 0 radical (unpaired) electrons. The van der Waals surface area contributed by atoms with E-state index in [1.165, 1.54) is 4.88 Å². The number of hydrogen-bond donors (Lipinski definition) is 3. The Labute approximate surface area is 121 Å². The maximum absolute atomic E-state index is 5.54. The highest BCUT2D eigenvalue weighted by molar-refractivity contribution is 7.11. The van der Waals surface area contributed by atoms with Crippen LogP contribution in [0.5, 0.6) is 0 Å². The summed E-state index contributed by atoms with van der Waals surface area (Å²) in [6.07, 6.45) is 4.22. The maximum atomic E-state index is 5.54. The van der Waals surface area contributed by atoms with Crippen LogP contribution in [0.4, 0.5) is 11.6 Å². The molecule has 0 amide bonds. The summed E-state index contributed by atoms with van der Waals surface area (Å²) >= 11 is 1.69. The number of aromatic nitrogens is 3. The summed E-state index contributed by atoms with van der Waals surface area (Å²) in [4.78, 5) is 14.7. The predicted octanol–water partition coefficient (Wildman–Crippen LogP) is 2.33. The zero-order chi connectivity index (χ0) is 14.1. The number of thiazole rings is 1. The number of aryl methyl sites for hydroxylation is 1. The number of hydrogen-bond acceptors (Lipinski definition) is 7. The smallest absolute Gasteiger partial charge is 0.148 e. The van der Waals surface area contributed by atoms with Gasteiger partial charge >= 0.3 is 0 Å². The molecule has 7 heteroatoms. The molecule has 2 aromatic heterocycles. The molecule has 0 atom stereocenters. The van der Waals surface area contributed by atoms with Gasteiger partial charge in [-0.25, -0.2) is 20.8 Å². The van der Waals surface area contributed by atoms with Crippen LogP contribution in [0.2, 0.25) is 0 Å². The van der Waals surface area contributed by atoms with Gasteiger partial charge in [0.2, 0.25) is 0 Å². The third-order valence-corrected chi connectivity index (χ3v) is 4.23. The van der Waals surface area contributed by atoms with Gasteiger partial charge in [-0.3, -0.25) is 0 Å². The third-order valence-electron chi connectivity index (χ3n) is 3.32. The van der Waals surface area contributed by atoms with Crippen LogP contribution >= 0.6 is 11.3 Å². The van der Waals surface area contributed by atoms with Crippen molar-refractivity contribution >= 4 is 23.0 Å². The molecule has 6 nitrogen and oxygen atoms in total. The molecule has 106 valence electrons. The van der Waals surface area contributed by atoms with Crippen molar-refractivity contribution < 1.29 is 0 Å². The SMILES string of the molecule is Cc1cnc(CNc2nc(C3CC3)nc(NN)c2C)s1. The van der Waals surface area contributed by atoms with Crippen LogP contribution in [0.25, 0.3) is 0 Å². The molecule has 0 bridgehead atoms. The molecular formula is C13H18N6S. The summed E-state index contributed by atoms with van der Waals surface area (Å²) in [5, 5.41) is 4.39. The number of nitrogen functional groups attached to an aromatic ring is 1. The maximum Gasteiger partial charge on any atom is 0.148 e. The second-order valence-corrected chi connectivity index (χ2v) is 6.36. The van der Waals surface area contributed by atoms with E-state index in [1.54, 1.807) is 11.3 Å². The van der Waals surface area contributed by atoms with Gasteiger partial charge in [0.25, 0.3) is 0 Å². The molecule has 0 aromatic carbocycles. The van der Waals surface area contributed by atoms with Gasteiger partial charge in [-0.05, 0) is 26.7 Å². The Morgan fingerprint density at radius 2 is 2.05 bits per heavy atom. The normalized spacial score (nSPS) is 14.3. The number of anilines is 2. The van der Waals surface area contributed by atoms with Crippen LogP contribution in [0.1, 0.15) is 40.0 Å². The molecule has 3 rings (SSSR count). The molecule has 20 heavy (non-hydrogen) atoms. The Kier molecular flexibility index (Phi) is 3.54. The lowest BCUT2D eigenvalue weighted by atomic mass is 10.3. The lowest BCUT2D eigenvalue weighted by molar-refractivity contribution is 0.909. The van der Waals surface area contributed by atoms with Gasteiger partial charge in [0.05, 0.1) is 6.54 Å². The molecular weight excluding hydrogens is 272 g/mol. The summed E-state index contributed by atoms with van der Waals surface area (Å²) in [7, 11) is 0. The van der Waals surface area contributed by atoms with Crippen molar-refractivity contribution in [1.29, 1.82) is 0 Å². The average molecular weight is 290 g/mol. The molecule has 0 saturated heterocycles. The standard InChI is InChI=1S/C13H18N6S/c1-7-5-15-10(20-7)6-16-11-8(2)12(19-14)18-13(17-11)9-3-4-9/h5,9H,3-4,6,14H2,1-2H3,(H2,16,17,18,19). The lowest BCUT2D eigenvalue weighted by Gasteiger charge is -2.12. The van der Waals surface area contributed by atoms with E-state index in [1.807, 2.05) is 13.1 Å². The quantitative estimate of drug-likeness (QED) is 0.578. The van der Waals surface area contributed by atoms with Gasteiger partial charge in [-0.1, -0.05) is 0 Å². The third kappa shape index (κ3) is 2.73. The summed E-state index contributed by atoms with van der Waals surface area (Å²) in [5.41, 5.74) is 3.59. The molecule has 0 aliphatic heterocycles. The van der Waals surface area contributed by atoms with E-state index >= 15 is 0 Å². The van der Waals surface area contributed by atoms with Crippen LogP contribution in [0.15, 0.2) is 6.20 Å². The number of rotatable bonds is 5. The molecule has 1 aliphatic carbocycles. The van der Waals surface area contributed by atoms with Crippen LogP contribution in [-0.4, -0.2) is 15.0 Å². The van der Waals surface area contributed by atoms with E-state index in [0.717, 1.165) is 35.1 Å². The average Bonchev–Trinajstić information content (AvgIpc) is 3.21. The first-order valence-corrected chi connectivity index (χ1v) is 7.49. The number of hydrazine groups is 1. The Morgan fingerprint density at radius 1 is 1.30 bits per heavy atom. The van der Waals surface area contributed by atoms with Gasteiger partial charge in [0, 0.05) is 22.6 Å². The largest absolute Gasteiger partial charge is 0.363 e. The van der Waals surface area contributed by atoms with Crippen molar-refractivity contribution in [3.63, 3.8) is 0 Å². The van der Waals surface area contributed by atoms with E-state index in [-0.39, 0.29) is 0 Å². The topological polar surface area (TPSA) is 88.8 Å². The molecule has 1 aliphatic rings. The van der Waals surface area contributed by atoms with Gasteiger partial charge in [0.1, 0.15) is 22.5 Å². The Bertz CT molecular complexity index is 619. The number of nitrogens with zero attached hydrogens (tertiary/aromatic N) is 3. The zero-order valence-corrected chi connectivity index (χ0v) is 12.4. The number of nitrogens with one attached hydrogen (secondary N) is 2. The van der Waals surface area contributed by atoms with Gasteiger partial charge < -0.3 is 10.7 Å². The van der Waals surface area contributed by atoms with Crippen LogP contribution in [0, 0.1) is 13.8 Å². The Morgan fingerprint density at radius 3 is 2.65 bits per heavy atom. The summed E-state index contributed by atoms with van der Waals surface area (Å²) in [6, 6.07) is 0. The lowest BCUT2D eigenvalue weighted by Crippen LogP contribution is -2.14. The highest BCUT2D eigenvalue weighted by Gasteiger charge is 2.28. The van der Waals surface area contributed by atoms with Crippen LogP contribution < -0.4 is 16.6 Å². The van der Waals surface area contributed by atoms with Crippen molar-refractivity contribution in [3.8, 4) is 0 Å². The van der Waals surface area contributed by atoms with Crippen LogP contribution in [-0.2, 0) is 6.54 Å². The second-order valence-electron chi connectivity index (χ2n) is 5.04.